The zero-order valence-corrected chi connectivity index (χ0v) is 13.3. The van der Waals surface area contributed by atoms with Crippen molar-refractivity contribution in [2.75, 3.05) is 13.2 Å². The van der Waals surface area contributed by atoms with Gasteiger partial charge in [-0.15, -0.1) is 0 Å². The number of nitrogens with one attached hydrogen (secondary N) is 1. The molecule has 1 N–H and O–H groups in total. The van der Waals surface area contributed by atoms with Crippen molar-refractivity contribution in [3.63, 3.8) is 0 Å². The van der Waals surface area contributed by atoms with Crippen molar-refractivity contribution in [3.05, 3.63) is 64.8 Å². The summed E-state index contributed by atoms with van der Waals surface area (Å²) in [6.45, 7) is 0.798. The first-order valence-electron chi connectivity index (χ1n) is 7.14. The molecule has 2 heterocycles. The fourth-order valence-electron chi connectivity index (χ4n) is 2.26. The van der Waals surface area contributed by atoms with E-state index in [0.717, 1.165) is 11.3 Å². The molecule has 0 saturated heterocycles. The van der Waals surface area contributed by atoms with Crippen LogP contribution >= 0.6 is 11.6 Å². The molecule has 1 aliphatic heterocycles. The van der Waals surface area contributed by atoms with Crippen LogP contribution < -0.4 is 5.32 Å². The van der Waals surface area contributed by atoms with E-state index in [4.69, 9.17) is 21.1 Å². The van der Waals surface area contributed by atoms with E-state index in [9.17, 15) is 4.79 Å². The van der Waals surface area contributed by atoms with Crippen LogP contribution in [0.3, 0.4) is 0 Å². The van der Waals surface area contributed by atoms with Crippen molar-refractivity contribution in [2.45, 2.75) is 6.04 Å². The number of carbonyl (C=O) groups is 1. The average Bonchev–Trinajstić information content (AvgIpc) is 3.00. The number of hydrogen-bond donors (Lipinski definition) is 1. The Morgan fingerprint density at radius 1 is 1.30 bits per heavy atom. The maximum atomic E-state index is 12.4. The van der Waals surface area contributed by atoms with Gasteiger partial charge >= 0.3 is 0 Å². The fourth-order valence-corrected chi connectivity index (χ4v) is 2.39. The third kappa shape index (κ3) is 3.65. The summed E-state index contributed by atoms with van der Waals surface area (Å²) in [4.78, 5) is 12.4. The molecule has 0 spiro atoms. The quantitative estimate of drug-likeness (QED) is 0.931. The molecule has 0 bridgehead atoms. The van der Waals surface area contributed by atoms with Gasteiger partial charge in [0.25, 0.3) is 5.91 Å². The molecule has 120 valence electrons. The Hall–Kier alpha value is -2.47. The lowest BCUT2D eigenvalue weighted by Gasteiger charge is -2.20. The van der Waals surface area contributed by atoms with E-state index >= 15 is 0 Å². The highest BCUT2D eigenvalue weighted by atomic mass is 35.5. The molecule has 0 saturated carbocycles. The standard InChI is InChI=1S/C16H16ClN3O3/c1-20-7-6-13(19-20)15(11-2-4-12(17)5-3-11)18-16(21)14-10-22-8-9-23-14/h2-7,10,15H,8-9H2,1H3,(H,18,21)/t15-/m0/s1. The molecule has 3 rings (SSSR count). The van der Waals surface area contributed by atoms with Crippen LogP contribution in [0.15, 0.2) is 48.5 Å². The zero-order valence-electron chi connectivity index (χ0n) is 12.5. The molecule has 1 amide bonds. The summed E-state index contributed by atoms with van der Waals surface area (Å²) in [5.74, 6) is -0.193. The van der Waals surface area contributed by atoms with E-state index in [-0.39, 0.29) is 11.7 Å². The van der Waals surface area contributed by atoms with Crippen molar-refractivity contribution < 1.29 is 14.3 Å². The second-order valence-corrected chi connectivity index (χ2v) is 5.51. The number of ether oxygens (including phenoxy) is 2. The number of amides is 1. The first-order valence-corrected chi connectivity index (χ1v) is 7.52. The van der Waals surface area contributed by atoms with Crippen molar-refractivity contribution in [3.8, 4) is 0 Å². The second-order valence-electron chi connectivity index (χ2n) is 5.07. The van der Waals surface area contributed by atoms with E-state index in [1.54, 1.807) is 16.8 Å². The normalized spacial score (nSPS) is 15.1. The summed E-state index contributed by atoms with van der Waals surface area (Å²) >= 11 is 5.94. The lowest BCUT2D eigenvalue weighted by molar-refractivity contribution is -0.122. The number of aryl methyl sites for hydroxylation is 1. The number of halogens is 1. The Morgan fingerprint density at radius 2 is 2.09 bits per heavy atom. The predicted molar refractivity (Wildman–Crippen MR) is 84.6 cm³/mol. The van der Waals surface area contributed by atoms with Gasteiger partial charge in [0.1, 0.15) is 19.5 Å². The van der Waals surface area contributed by atoms with Gasteiger partial charge in [0.15, 0.2) is 0 Å². The zero-order chi connectivity index (χ0) is 16.2. The topological polar surface area (TPSA) is 65.4 Å². The first kappa shape index (κ1) is 15.4. The molecule has 1 aromatic carbocycles. The molecule has 1 aliphatic rings. The van der Waals surface area contributed by atoms with Gasteiger partial charge < -0.3 is 14.8 Å². The molecule has 6 nitrogen and oxygen atoms in total. The van der Waals surface area contributed by atoms with E-state index in [1.807, 2.05) is 31.4 Å². The minimum atomic E-state index is -0.410. The van der Waals surface area contributed by atoms with Gasteiger partial charge in [-0.1, -0.05) is 23.7 Å². The molecule has 0 fully saturated rings. The van der Waals surface area contributed by atoms with Gasteiger partial charge in [0.2, 0.25) is 5.76 Å². The minimum Gasteiger partial charge on any atom is -0.494 e. The second kappa shape index (κ2) is 6.75. The lowest BCUT2D eigenvalue weighted by Crippen LogP contribution is -2.33. The first-order chi connectivity index (χ1) is 11.1. The molecule has 1 atom stereocenters. The SMILES string of the molecule is Cn1ccc([C@@H](NC(=O)C2=COCCO2)c2ccc(Cl)cc2)n1. The maximum absolute atomic E-state index is 12.4. The maximum Gasteiger partial charge on any atom is 0.290 e. The summed E-state index contributed by atoms with van der Waals surface area (Å²) in [5.41, 5.74) is 1.60. The van der Waals surface area contributed by atoms with E-state index in [1.165, 1.54) is 6.26 Å². The summed E-state index contributed by atoms with van der Waals surface area (Å²) in [5, 5.41) is 7.94. The number of aromatic nitrogens is 2. The fraction of sp³-hybridized carbons (Fsp3) is 0.250. The van der Waals surface area contributed by atoms with Crippen LogP contribution in [0.25, 0.3) is 0 Å². The van der Waals surface area contributed by atoms with Gasteiger partial charge in [-0.25, -0.2) is 0 Å². The molecular weight excluding hydrogens is 318 g/mol. The molecule has 0 radical (unpaired) electrons. The van der Waals surface area contributed by atoms with Crippen molar-refractivity contribution in [1.29, 1.82) is 0 Å². The largest absolute Gasteiger partial charge is 0.494 e. The average molecular weight is 334 g/mol. The number of rotatable bonds is 4. The third-order valence-electron chi connectivity index (χ3n) is 3.38. The Bertz CT molecular complexity index is 724. The Morgan fingerprint density at radius 3 is 2.70 bits per heavy atom. The monoisotopic (exact) mass is 333 g/mol. The molecule has 0 aliphatic carbocycles. The molecule has 7 heteroatoms. The van der Waals surface area contributed by atoms with Crippen LogP contribution in [0.2, 0.25) is 5.02 Å². The third-order valence-corrected chi connectivity index (χ3v) is 3.63. The number of nitrogens with zero attached hydrogens (tertiary/aromatic N) is 2. The molecular formula is C16H16ClN3O3. The van der Waals surface area contributed by atoms with E-state index in [2.05, 4.69) is 10.4 Å². The number of benzene rings is 1. The highest BCUT2D eigenvalue weighted by Gasteiger charge is 2.23. The minimum absolute atomic E-state index is 0.158. The van der Waals surface area contributed by atoms with Crippen LogP contribution in [0.4, 0.5) is 0 Å². The smallest absolute Gasteiger partial charge is 0.290 e. The summed E-state index contributed by atoms with van der Waals surface area (Å²) in [6.07, 6.45) is 3.15. The van der Waals surface area contributed by atoms with Crippen molar-refractivity contribution in [1.82, 2.24) is 15.1 Å². The van der Waals surface area contributed by atoms with Crippen LogP contribution in [-0.4, -0.2) is 28.9 Å². The van der Waals surface area contributed by atoms with Gasteiger partial charge in [-0.3, -0.25) is 9.48 Å². The van der Waals surface area contributed by atoms with Gasteiger partial charge in [-0.2, -0.15) is 5.10 Å². The van der Waals surface area contributed by atoms with Gasteiger partial charge in [0, 0.05) is 18.3 Å². The molecule has 0 unspecified atom stereocenters. The van der Waals surface area contributed by atoms with Crippen LogP contribution in [0.5, 0.6) is 0 Å². The number of hydrogen-bond acceptors (Lipinski definition) is 4. The highest BCUT2D eigenvalue weighted by molar-refractivity contribution is 6.30. The summed E-state index contributed by atoms with van der Waals surface area (Å²) < 4.78 is 12.1. The van der Waals surface area contributed by atoms with Crippen molar-refractivity contribution in [2.24, 2.45) is 7.05 Å². The summed E-state index contributed by atoms with van der Waals surface area (Å²) in [6, 6.07) is 8.71. The molecule has 1 aromatic heterocycles. The molecule has 2 aromatic rings. The van der Waals surface area contributed by atoms with Crippen LogP contribution in [0.1, 0.15) is 17.3 Å². The Kier molecular flexibility index (Phi) is 4.52. The highest BCUT2D eigenvalue weighted by Crippen LogP contribution is 2.23. The van der Waals surface area contributed by atoms with Crippen LogP contribution in [-0.2, 0) is 21.3 Å². The Labute approximate surface area is 138 Å². The Balaban J connectivity index is 1.87. The van der Waals surface area contributed by atoms with Gasteiger partial charge in [0.05, 0.1) is 11.7 Å². The predicted octanol–water partition coefficient (Wildman–Crippen LogP) is 2.17. The lowest BCUT2D eigenvalue weighted by atomic mass is 10.0. The van der Waals surface area contributed by atoms with Crippen LogP contribution in [0, 0.1) is 0 Å². The number of carbonyl (C=O) groups excluding carboxylic acids is 1. The van der Waals surface area contributed by atoms with E-state index < -0.39 is 6.04 Å². The summed E-state index contributed by atoms with van der Waals surface area (Å²) in [7, 11) is 1.82. The molecule has 23 heavy (non-hydrogen) atoms. The van der Waals surface area contributed by atoms with Crippen molar-refractivity contribution >= 4 is 17.5 Å². The van der Waals surface area contributed by atoms with E-state index in [0.29, 0.717) is 18.2 Å². The van der Waals surface area contributed by atoms with Gasteiger partial charge in [-0.05, 0) is 23.8 Å².